The van der Waals surface area contributed by atoms with E-state index in [2.05, 4.69) is 5.32 Å². The zero-order chi connectivity index (χ0) is 14.1. The Morgan fingerprint density at radius 1 is 1.32 bits per heavy atom. The van der Waals surface area contributed by atoms with Crippen molar-refractivity contribution in [2.45, 2.75) is 19.4 Å². The van der Waals surface area contributed by atoms with Crippen LogP contribution in [0, 0.1) is 0 Å². The van der Waals surface area contributed by atoms with Crippen LogP contribution in [0.4, 0.5) is 5.69 Å². The maximum Gasteiger partial charge on any atom is 0.305 e. The number of nitrogens with one attached hydrogen (secondary N) is 1. The van der Waals surface area contributed by atoms with Gasteiger partial charge in [0.05, 0.1) is 12.5 Å². The van der Waals surface area contributed by atoms with Gasteiger partial charge in [0.15, 0.2) is 0 Å². The molecule has 0 aliphatic rings. The molecule has 0 heterocycles. The van der Waals surface area contributed by atoms with Crippen LogP contribution in [0.3, 0.4) is 0 Å². The van der Waals surface area contributed by atoms with E-state index < -0.39 is 5.97 Å². The van der Waals surface area contributed by atoms with Crippen molar-refractivity contribution in [1.82, 2.24) is 0 Å². The number of benzene rings is 1. The molecule has 0 aliphatic carbocycles. The Morgan fingerprint density at radius 3 is 2.53 bits per heavy atom. The Hall–Kier alpha value is -2.36. The fourth-order valence-electron chi connectivity index (χ4n) is 1.54. The molecule has 0 spiro atoms. The molecule has 1 rings (SSSR count). The lowest BCUT2D eigenvalue weighted by atomic mass is 10.1. The van der Waals surface area contributed by atoms with Crippen LogP contribution < -0.4 is 5.32 Å². The van der Waals surface area contributed by atoms with Crippen molar-refractivity contribution < 1.29 is 14.7 Å². The van der Waals surface area contributed by atoms with E-state index in [-0.39, 0.29) is 12.5 Å². The van der Waals surface area contributed by atoms with Gasteiger partial charge in [0.1, 0.15) is 6.29 Å². The molecule has 1 aromatic carbocycles. The van der Waals surface area contributed by atoms with Crippen molar-refractivity contribution in [2.75, 3.05) is 5.32 Å². The first kappa shape index (κ1) is 14.7. The van der Waals surface area contributed by atoms with Gasteiger partial charge in [-0.15, -0.1) is 0 Å². The van der Waals surface area contributed by atoms with Gasteiger partial charge >= 0.3 is 5.97 Å². The molecular weight excluding hydrogens is 242 g/mol. The predicted octanol–water partition coefficient (Wildman–Crippen LogP) is 2.89. The number of hydrogen-bond acceptors (Lipinski definition) is 3. The number of aliphatic carboxylic acids is 1. The van der Waals surface area contributed by atoms with Gasteiger partial charge in [-0.3, -0.25) is 9.59 Å². The van der Waals surface area contributed by atoms with Gasteiger partial charge in [0, 0.05) is 11.3 Å². The van der Waals surface area contributed by atoms with Crippen molar-refractivity contribution in [1.29, 1.82) is 0 Å². The molecule has 0 amide bonds. The fraction of sp³-hybridized carbons (Fsp3) is 0.200. The normalized spacial score (nSPS) is 12.7. The summed E-state index contributed by atoms with van der Waals surface area (Å²) in [6.45, 7) is 1.89. The second-order valence-corrected chi connectivity index (χ2v) is 4.00. The first-order chi connectivity index (χ1) is 9.15. The molecule has 2 N–H and O–H groups in total. The molecule has 0 unspecified atom stereocenters. The Balaban J connectivity index is 2.74. The molecule has 0 aromatic heterocycles. The van der Waals surface area contributed by atoms with Crippen molar-refractivity contribution in [3.05, 3.63) is 54.1 Å². The number of anilines is 1. The molecule has 4 heteroatoms. The number of carbonyl (C=O) groups is 2. The summed E-state index contributed by atoms with van der Waals surface area (Å²) in [7, 11) is 0. The van der Waals surface area contributed by atoms with Crippen LogP contribution >= 0.6 is 0 Å². The zero-order valence-corrected chi connectivity index (χ0v) is 10.7. The average molecular weight is 259 g/mol. The number of carboxylic acid groups (broad SMARTS) is 1. The van der Waals surface area contributed by atoms with E-state index in [1.54, 1.807) is 36.4 Å². The van der Waals surface area contributed by atoms with Crippen molar-refractivity contribution in [3.63, 3.8) is 0 Å². The van der Waals surface area contributed by atoms with E-state index in [1.807, 2.05) is 19.1 Å². The minimum absolute atomic E-state index is 0.0104. The first-order valence-electron chi connectivity index (χ1n) is 5.98. The molecule has 0 bridgehead atoms. The highest BCUT2D eigenvalue weighted by atomic mass is 16.4. The molecule has 0 radical (unpaired) electrons. The van der Waals surface area contributed by atoms with Crippen LogP contribution in [0.1, 0.15) is 23.7 Å². The molecule has 19 heavy (non-hydrogen) atoms. The average Bonchev–Trinajstić information content (AvgIpc) is 2.39. The molecule has 1 aromatic rings. The van der Waals surface area contributed by atoms with Crippen molar-refractivity contribution >= 4 is 17.9 Å². The summed E-state index contributed by atoms with van der Waals surface area (Å²) >= 11 is 0. The van der Waals surface area contributed by atoms with Crippen molar-refractivity contribution in [2.24, 2.45) is 0 Å². The number of hydrogen-bond donors (Lipinski definition) is 2. The highest BCUT2D eigenvalue weighted by Crippen LogP contribution is 2.12. The van der Waals surface area contributed by atoms with Gasteiger partial charge in [-0.1, -0.05) is 24.3 Å². The molecule has 0 saturated heterocycles. The highest BCUT2D eigenvalue weighted by Gasteiger charge is 2.09. The van der Waals surface area contributed by atoms with Gasteiger partial charge in [-0.2, -0.15) is 0 Å². The van der Waals surface area contributed by atoms with Gasteiger partial charge in [0.2, 0.25) is 0 Å². The van der Waals surface area contributed by atoms with Gasteiger partial charge < -0.3 is 10.4 Å². The quantitative estimate of drug-likeness (QED) is 0.583. The van der Waals surface area contributed by atoms with Gasteiger partial charge in [0.25, 0.3) is 0 Å². The molecule has 1 atom stereocenters. The number of carboxylic acids is 1. The standard InChI is InChI=1S/C15H17NO3/c1-2-3-4-5-14(10-15(18)19)16-13-8-6-12(11-17)7-9-13/h2-9,11,14,16H,10H2,1H3,(H,18,19)/b3-2+,5-4+/t14-/m1/s1. The van der Waals surface area contributed by atoms with Crippen LogP contribution in [-0.2, 0) is 4.79 Å². The van der Waals surface area contributed by atoms with Crippen LogP contribution in [0.5, 0.6) is 0 Å². The number of carbonyl (C=O) groups excluding carboxylic acids is 1. The molecule has 100 valence electrons. The Labute approximate surface area is 112 Å². The Bertz CT molecular complexity index is 475. The van der Waals surface area contributed by atoms with E-state index in [0.717, 1.165) is 12.0 Å². The summed E-state index contributed by atoms with van der Waals surface area (Å²) in [5, 5.41) is 12.0. The van der Waals surface area contributed by atoms with E-state index in [0.29, 0.717) is 5.56 Å². The lowest BCUT2D eigenvalue weighted by molar-refractivity contribution is -0.137. The van der Waals surface area contributed by atoms with E-state index in [1.165, 1.54) is 0 Å². The molecular formula is C15H17NO3. The van der Waals surface area contributed by atoms with Gasteiger partial charge in [-0.05, 0) is 31.2 Å². The summed E-state index contributed by atoms with van der Waals surface area (Å²) in [5.41, 5.74) is 1.37. The second-order valence-electron chi connectivity index (χ2n) is 4.00. The lowest BCUT2D eigenvalue weighted by Crippen LogP contribution is -2.20. The monoisotopic (exact) mass is 259 g/mol. The second kappa shape index (κ2) is 7.87. The molecule has 0 saturated carbocycles. The summed E-state index contributed by atoms with van der Waals surface area (Å²) < 4.78 is 0. The van der Waals surface area contributed by atoms with E-state index in [4.69, 9.17) is 5.11 Å². The minimum Gasteiger partial charge on any atom is -0.481 e. The maximum absolute atomic E-state index is 10.8. The molecule has 0 aliphatic heterocycles. The largest absolute Gasteiger partial charge is 0.481 e. The maximum atomic E-state index is 10.8. The topological polar surface area (TPSA) is 66.4 Å². The summed E-state index contributed by atoms with van der Waals surface area (Å²) in [4.78, 5) is 21.3. The number of allylic oxidation sites excluding steroid dienone is 3. The predicted molar refractivity (Wildman–Crippen MR) is 75.4 cm³/mol. The number of rotatable bonds is 7. The summed E-state index contributed by atoms with van der Waals surface area (Å²) in [6, 6.07) is 6.58. The van der Waals surface area contributed by atoms with Gasteiger partial charge in [-0.25, -0.2) is 0 Å². The molecule has 0 fully saturated rings. The van der Waals surface area contributed by atoms with Crippen LogP contribution in [0.15, 0.2) is 48.6 Å². The number of aldehydes is 1. The SMILES string of the molecule is C/C=C/C=C/[C@H](CC(=O)O)Nc1ccc(C=O)cc1. The van der Waals surface area contributed by atoms with Crippen LogP contribution in [0.2, 0.25) is 0 Å². The van der Waals surface area contributed by atoms with Crippen LogP contribution in [-0.4, -0.2) is 23.4 Å². The van der Waals surface area contributed by atoms with E-state index >= 15 is 0 Å². The third-order valence-electron chi connectivity index (χ3n) is 2.44. The summed E-state index contributed by atoms with van der Waals surface area (Å²) in [6.07, 6.45) is 8.06. The Morgan fingerprint density at radius 2 is 2.00 bits per heavy atom. The Kier molecular flexibility index (Phi) is 6.09. The van der Waals surface area contributed by atoms with E-state index in [9.17, 15) is 9.59 Å². The molecule has 4 nitrogen and oxygen atoms in total. The third-order valence-corrected chi connectivity index (χ3v) is 2.44. The lowest BCUT2D eigenvalue weighted by Gasteiger charge is -2.14. The zero-order valence-electron chi connectivity index (χ0n) is 10.7. The van der Waals surface area contributed by atoms with Crippen molar-refractivity contribution in [3.8, 4) is 0 Å². The first-order valence-corrected chi connectivity index (χ1v) is 5.98. The minimum atomic E-state index is -0.868. The van der Waals surface area contributed by atoms with Crippen LogP contribution in [0.25, 0.3) is 0 Å². The third kappa shape index (κ3) is 5.68. The highest BCUT2D eigenvalue weighted by molar-refractivity contribution is 5.75. The smallest absolute Gasteiger partial charge is 0.305 e. The fourth-order valence-corrected chi connectivity index (χ4v) is 1.54. The summed E-state index contributed by atoms with van der Waals surface area (Å²) in [5.74, 6) is -0.868.